The fraction of sp³-hybridized carbons (Fsp3) is 0.200. The van der Waals surface area contributed by atoms with E-state index in [1.807, 2.05) is 0 Å². The van der Waals surface area contributed by atoms with E-state index in [4.69, 9.17) is 16.3 Å². The minimum Gasteiger partial charge on any atom is -0.482 e. The number of benzene rings is 1. The number of rotatable bonds is 4. The minimum absolute atomic E-state index is 0.135. The summed E-state index contributed by atoms with van der Waals surface area (Å²) in [5.41, 5.74) is 0.656. The lowest BCUT2D eigenvalue weighted by atomic mass is 10.3. The van der Waals surface area contributed by atoms with E-state index >= 15 is 0 Å². The van der Waals surface area contributed by atoms with Gasteiger partial charge in [-0.1, -0.05) is 18.2 Å². The van der Waals surface area contributed by atoms with E-state index in [0.29, 0.717) is 5.02 Å². The summed E-state index contributed by atoms with van der Waals surface area (Å²) in [5.74, 6) is 0.201. The van der Waals surface area contributed by atoms with E-state index in [0.717, 1.165) is 5.57 Å². The van der Waals surface area contributed by atoms with Crippen LogP contribution in [0.4, 0.5) is 5.69 Å². The lowest BCUT2D eigenvalue weighted by Gasteiger charge is -2.06. The highest BCUT2D eigenvalue weighted by molar-refractivity contribution is 6.30. The molecule has 0 heterocycles. The molecule has 80 valence electrons. The molecule has 0 saturated carbocycles. The van der Waals surface area contributed by atoms with E-state index in [-0.39, 0.29) is 18.0 Å². The number of nitro benzene ring substituents is 1. The third-order valence-corrected chi connectivity index (χ3v) is 1.83. The van der Waals surface area contributed by atoms with Crippen LogP contribution in [0.3, 0.4) is 0 Å². The molecule has 0 fully saturated rings. The van der Waals surface area contributed by atoms with E-state index in [1.54, 1.807) is 13.0 Å². The van der Waals surface area contributed by atoms with Gasteiger partial charge in [-0.2, -0.15) is 0 Å². The molecule has 0 amide bonds. The molecule has 0 N–H and O–H groups in total. The Morgan fingerprint density at radius 1 is 1.67 bits per heavy atom. The molecule has 4 nitrogen and oxygen atoms in total. The third kappa shape index (κ3) is 3.25. The summed E-state index contributed by atoms with van der Waals surface area (Å²) in [6, 6.07) is 4.28. The SMILES string of the molecule is C=C(C)COc1ccc(Cl)cc1[N+](=O)[O-]. The number of nitro groups is 1. The zero-order valence-electron chi connectivity index (χ0n) is 8.20. The van der Waals surface area contributed by atoms with Crippen molar-refractivity contribution in [1.82, 2.24) is 0 Å². The van der Waals surface area contributed by atoms with Gasteiger partial charge in [-0.05, 0) is 24.6 Å². The van der Waals surface area contributed by atoms with E-state index < -0.39 is 4.92 Å². The van der Waals surface area contributed by atoms with Crippen LogP contribution < -0.4 is 4.74 Å². The summed E-state index contributed by atoms with van der Waals surface area (Å²) < 4.78 is 5.22. The maximum atomic E-state index is 10.7. The Labute approximate surface area is 92.3 Å². The van der Waals surface area contributed by atoms with E-state index in [1.165, 1.54) is 12.1 Å². The molecule has 0 radical (unpaired) electrons. The summed E-state index contributed by atoms with van der Waals surface area (Å²) in [4.78, 5) is 10.1. The lowest BCUT2D eigenvalue weighted by molar-refractivity contribution is -0.385. The van der Waals surface area contributed by atoms with Crippen molar-refractivity contribution in [2.45, 2.75) is 6.92 Å². The van der Waals surface area contributed by atoms with Crippen molar-refractivity contribution in [3.63, 3.8) is 0 Å². The first kappa shape index (κ1) is 11.5. The summed E-state index contributed by atoms with van der Waals surface area (Å²) in [7, 11) is 0. The van der Waals surface area contributed by atoms with Crippen molar-refractivity contribution < 1.29 is 9.66 Å². The van der Waals surface area contributed by atoms with E-state index in [9.17, 15) is 10.1 Å². The molecular weight excluding hydrogens is 218 g/mol. The number of nitrogens with zero attached hydrogens (tertiary/aromatic N) is 1. The largest absolute Gasteiger partial charge is 0.482 e. The third-order valence-electron chi connectivity index (χ3n) is 1.59. The van der Waals surface area contributed by atoms with Gasteiger partial charge in [-0.3, -0.25) is 10.1 Å². The zero-order chi connectivity index (χ0) is 11.4. The minimum atomic E-state index is -0.528. The van der Waals surface area contributed by atoms with Crippen molar-refractivity contribution in [3.05, 3.63) is 45.5 Å². The molecular formula is C10H10ClNO3. The van der Waals surface area contributed by atoms with E-state index in [2.05, 4.69) is 6.58 Å². The van der Waals surface area contributed by atoms with Crippen molar-refractivity contribution in [3.8, 4) is 5.75 Å². The second-order valence-corrected chi connectivity index (χ2v) is 3.55. The van der Waals surface area contributed by atoms with Gasteiger partial charge in [0.05, 0.1) is 4.92 Å². The first-order valence-electron chi connectivity index (χ1n) is 4.22. The lowest BCUT2D eigenvalue weighted by Crippen LogP contribution is -2.00. The molecule has 0 saturated heterocycles. The van der Waals surface area contributed by atoms with Gasteiger partial charge in [0.15, 0.2) is 5.75 Å². The Kier molecular flexibility index (Phi) is 3.68. The standard InChI is InChI=1S/C10H10ClNO3/c1-7(2)6-15-10-4-3-8(11)5-9(10)12(13)14/h3-5H,1,6H2,2H3. The second kappa shape index (κ2) is 4.79. The second-order valence-electron chi connectivity index (χ2n) is 3.11. The van der Waals surface area contributed by atoms with Crippen molar-refractivity contribution in [2.24, 2.45) is 0 Å². The van der Waals surface area contributed by atoms with Crippen LogP contribution in [0, 0.1) is 10.1 Å². The molecule has 1 rings (SSSR count). The van der Waals surface area contributed by atoms with Gasteiger partial charge in [-0.15, -0.1) is 0 Å². The van der Waals surface area contributed by atoms with Crippen LogP contribution in [0.15, 0.2) is 30.4 Å². The van der Waals surface area contributed by atoms with Gasteiger partial charge < -0.3 is 4.74 Å². The van der Waals surface area contributed by atoms with Gasteiger partial charge in [0.25, 0.3) is 0 Å². The molecule has 15 heavy (non-hydrogen) atoms. The Balaban J connectivity index is 2.95. The van der Waals surface area contributed by atoms with Crippen LogP contribution in [0.2, 0.25) is 5.02 Å². The first-order valence-corrected chi connectivity index (χ1v) is 4.59. The van der Waals surface area contributed by atoms with Gasteiger partial charge in [0, 0.05) is 11.1 Å². The van der Waals surface area contributed by atoms with Crippen LogP contribution in [0.25, 0.3) is 0 Å². The molecule has 1 aromatic rings. The Morgan fingerprint density at radius 3 is 2.87 bits per heavy atom. The highest BCUT2D eigenvalue weighted by Crippen LogP contribution is 2.29. The van der Waals surface area contributed by atoms with Crippen LogP contribution in [0.5, 0.6) is 5.75 Å². The molecule has 0 bridgehead atoms. The smallest absolute Gasteiger partial charge is 0.312 e. The highest BCUT2D eigenvalue weighted by Gasteiger charge is 2.15. The fourth-order valence-electron chi connectivity index (χ4n) is 0.956. The van der Waals surface area contributed by atoms with Gasteiger partial charge in [-0.25, -0.2) is 0 Å². The molecule has 0 atom stereocenters. The predicted molar refractivity (Wildman–Crippen MR) is 58.4 cm³/mol. The topological polar surface area (TPSA) is 52.4 Å². The summed E-state index contributed by atoms with van der Waals surface area (Å²) >= 11 is 5.65. The molecule has 0 aliphatic rings. The average molecular weight is 228 g/mol. The fourth-order valence-corrected chi connectivity index (χ4v) is 1.12. The maximum absolute atomic E-state index is 10.7. The predicted octanol–water partition coefficient (Wildman–Crippen LogP) is 3.20. The Hall–Kier alpha value is -1.55. The first-order chi connectivity index (χ1) is 7.00. The van der Waals surface area contributed by atoms with Crippen LogP contribution >= 0.6 is 11.6 Å². The molecule has 0 spiro atoms. The van der Waals surface area contributed by atoms with Crippen LogP contribution in [-0.4, -0.2) is 11.5 Å². The maximum Gasteiger partial charge on any atom is 0.312 e. The van der Waals surface area contributed by atoms with Crippen LogP contribution in [0.1, 0.15) is 6.92 Å². The van der Waals surface area contributed by atoms with Crippen molar-refractivity contribution >= 4 is 17.3 Å². The van der Waals surface area contributed by atoms with Gasteiger partial charge in [0.2, 0.25) is 0 Å². The Bertz CT molecular complexity index is 404. The molecule has 1 aromatic carbocycles. The molecule has 0 aromatic heterocycles. The van der Waals surface area contributed by atoms with Gasteiger partial charge >= 0.3 is 5.69 Å². The quantitative estimate of drug-likeness (QED) is 0.451. The Morgan fingerprint density at radius 2 is 2.33 bits per heavy atom. The molecule has 0 aliphatic heterocycles. The summed E-state index contributed by atoms with van der Waals surface area (Å²) in [5, 5.41) is 11.0. The number of hydrogen-bond acceptors (Lipinski definition) is 3. The van der Waals surface area contributed by atoms with Crippen LogP contribution in [-0.2, 0) is 0 Å². The molecule has 5 heteroatoms. The average Bonchev–Trinajstić information content (AvgIpc) is 2.15. The van der Waals surface area contributed by atoms with Crippen molar-refractivity contribution in [1.29, 1.82) is 0 Å². The normalized spacial score (nSPS) is 9.73. The summed E-state index contributed by atoms with van der Waals surface area (Å²) in [6.07, 6.45) is 0. The van der Waals surface area contributed by atoms with Crippen molar-refractivity contribution in [2.75, 3.05) is 6.61 Å². The highest BCUT2D eigenvalue weighted by atomic mass is 35.5. The molecule has 0 aliphatic carbocycles. The number of ether oxygens (including phenoxy) is 1. The zero-order valence-corrected chi connectivity index (χ0v) is 8.95. The number of halogens is 1. The molecule has 0 unspecified atom stereocenters. The van der Waals surface area contributed by atoms with Gasteiger partial charge in [0.1, 0.15) is 6.61 Å². The number of hydrogen-bond donors (Lipinski definition) is 0. The monoisotopic (exact) mass is 227 g/mol. The summed E-state index contributed by atoms with van der Waals surface area (Å²) in [6.45, 7) is 5.67.